The van der Waals surface area contributed by atoms with Gasteiger partial charge in [0.2, 0.25) is 5.91 Å². The molecule has 0 aliphatic heterocycles. The van der Waals surface area contributed by atoms with Crippen LogP contribution in [0.1, 0.15) is 69.6 Å². The topological polar surface area (TPSA) is 88.2 Å². The second kappa shape index (κ2) is 9.48. The average molecular weight is 357 g/mol. The van der Waals surface area contributed by atoms with Gasteiger partial charge in [0.15, 0.2) is 11.7 Å². The number of aromatic nitrogens is 2. The zero-order chi connectivity index (χ0) is 18.2. The number of nitrogens with zero attached hydrogens (tertiary/aromatic N) is 2. The number of carbonyl (C=O) groups excluding carboxylic acids is 1. The zero-order valence-electron chi connectivity index (χ0n) is 15.1. The third-order valence-electron chi connectivity index (χ3n) is 5.28. The summed E-state index contributed by atoms with van der Waals surface area (Å²) < 4.78 is 5.92. The van der Waals surface area contributed by atoms with Crippen LogP contribution >= 0.6 is 0 Å². The molecule has 1 aliphatic carbocycles. The molecule has 0 bridgehead atoms. The number of amides is 1. The summed E-state index contributed by atoms with van der Waals surface area (Å²) in [4.78, 5) is 20.1. The number of hydroxylamine groups is 1. The summed E-state index contributed by atoms with van der Waals surface area (Å²) in [6.07, 6.45) is 15.1. The van der Waals surface area contributed by atoms with Crippen molar-refractivity contribution in [2.75, 3.05) is 0 Å². The Morgan fingerprint density at radius 2 is 2.04 bits per heavy atom. The molecule has 1 atom stereocenters. The lowest BCUT2D eigenvalue weighted by molar-refractivity contribution is -0.129. The van der Waals surface area contributed by atoms with E-state index in [0.717, 1.165) is 24.3 Å². The quantitative estimate of drug-likeness (QED) is 0.538. The molecule has 0 aromatic carbocycles. The summed E-state index contributed by atoms with van der Waals surface area (Å²) >= 11 is 0. The fourth-order valence-corrected chi connectivity index (χ4v) is 3.84. The second-order valence-corrected chi connectivity index (χ2v) is 7.17. The van der Waals surface area contributed by atoms with Crippen LogP contribution in [0.15, 0.2) is 35.1 Å². The Balaban J connectivity index is 1.63. The molecular weight excluding hydrogens is 330 g/mol. The van der Waals surface area contributed by atoms with E-state index in [-0.39, 0.29) is 12.3 Å². The fraction of sp³-hybridized carbons (Fsp3) is 0.550. The van der Waals surface area contributed by atoms with Crippen molar-refractivity contribution in [1.29, 1.82) is 0 Å². The smallest absolute Gasteiger partial charge is 0.244 e. The molecule has 2 aromatic heterocycles. The highest BCUT2D eigenvalue weighted by Gasteiger charge is 2.22. The van der Waals surface area contributed by atoms with Crippen LogP contribution in [0.3, 0.4) is 0 Å². The molecule has 26 heavy (non-hydrogen) atoms. The lowest BCUT2D eigenvalue weighted by Gasteiger charge is -2.22. The SMILES string of the molecule is O=C(CC(CCCC1CCCCC1)c1ncc(-c2ccncc2)o1)NO. The van der Waals surface area contributed by atoms with E-state index in [1.54, 1.807) is 24.1 Å². The molecule has 1 aliphatic rings. The van der Waals surface area contributed by atoms with Crippen LogP contribution in [0.25, 0.3) is 11.3 Å². The molecule has 1 saturated carbocycles. The maximum absolute atomic E-state index is 11.7. The van der Waals surface area contributed by atoms with Crippen molar-refractivity contribution < 1.29 is 14.4 Å². The molecule has 0 spiro atoms. The molecule has 6 heteroatoms. The van der Waals surface area contributed by atoms with Crippen molar-refractivity contribution in [3.8, 4) is 11.3 Å². The standard InChI is InChI=1S/C20H27N3O3/c24-19(23-25)13-17(8-4-7-15-5-2-1-3-6-15)20-22-14-18(26-20)16-9-11-21-12-10-16/h9-12,14-15,17,25H,1-8,13H2,(H,23,24). The van der Waals surface area contributed by atoms with Crippen molar-refractivity contribution in [1.82, 2.24) is 15.4 Å². The minimum absolute atomic E-state index is 0.124. The minimum Gasteiger partial charge on any atom is -0.440 e. The predicted molar refractivity (Wildman–Crippen MR) is 97.4 cm³/mol. The van der Waals surface area contributed by atoms with Crippen LogP contribution in [0.4, 0.5) is 0 Å². The number of pyridine rings is 1. The first-order valence-electron chi connectivity index (χ1n) is 9.55. The molecule has 2 heterocycles. The minimum atomic E-state index is -0.406. The molecule has 2 N–H and O–H groups in total. The molecule has 1 unspecified atom stereocenters. The van der Waals surface area contributed by atoms with Crippen LogP contribution < -0.4 is 5.48 Å². The van der Waals surface area contributed by atoms with Gasteiger partial charge in [0, 0.05) is 30.3 Å². The van der Waals surface area contributed by atoms with Crippen LogP contribution in [0.2, 0.25) is 0 Å². The number of carbonyl (C=O) groups is 1. The highest BCUT2D eigenvalue weighted by Crippen LogP contribution is 2.32. The molecule has 2 aromatic rings. The summed E-state index contributed by atoms with van der Waals surface area (Å²) in [7, 11) is 0. The lowest BCUT2D eigenvalue weighted by atomic mass is 9.84. The van der Waals surface area contributed by atoms with Gasteiger partial charge < -0.3 is 4.42 Å². The van der Waals surface area contributed by atoms with Crippen molar-refractivity contribution in [2.24, 2.45) is 5.92 Å². The van der Waals surface area contributed by atoms with Crippen molar-refractivity contribution in [2.45, 2.75) is 63.7 Å². The van der Waals surface area contributed by atoms with E-state index in [4.69, 9.17) is 9.62 Å². The van der Waals surface area contributed by atoms with Gasteiger partial charge in [0.25, 0.3) is 0 Å². The maximum atomic E-state index is 11.7. The molecular formula is C20H27N3O3. The first-order chi connectivity index (χ1) is 12.8. The Hall–Kier alpha value is -2.21. The van der Waals surface area contributed by atoms with Gasteiger partial charge in [-0.1, -0.05) is 44.9 Å². The summed E-state index contributed by atoms with van der Waals surface area (Å²) in [5, 5.41) is 8.89. The van der Waals surface area contributed by atoms with Crippen LogP contribution in [0.5, 0.6) is 0 Å². The van der Waals surface area contributed by atoms with E-state index in [1.165, 1.54) is 38.5 Å². The zero-order valence-corrected chi connectivity index (χ0v) is 15.1. The fourth-order valence-electron chi connectivity index (χ4n) is 3.84. The Labute approximate surface area is 154 Å². The summed E-state index contributed by atoms with van der Waals surface area (Å²) in [6.45, 7) is 0. The first kappa shape index (κ1) is 18.6. The maximum Gasteiger partial charge on any atom is 0.244 e. The molecule has 3 rings (SSSR count). The third-order valence-corrected chi connectivity index (χ3v) is 5.28. The van der Waals surface area contributed by atoms with Crippen molar-refractivity contribution >= 4 is 5.91 Å². The van der Waals surface area contributed by atoms with Gasteiger partial charge in [-0.2, -0.15) is 0 Å². The van der Waals surface area contributed by atoms with Gasteiger partial charge in [0.1, 0.15) is 0 Å². The van der Waals surface area contributed by atoms with Crippen LogP contribution in [0, 0.1) is 5.92 Å². The third kappa shape index (κ3) is 5.14. The predicted octanol–water partition coefficient (Wildman–Crippen LogP) is 4.47. The van der Waals surface area contributed by atoms with Crippen molar-refractivity contribution in [3.05, 3.63) is 36.6 Å². The molecule has 0 saturated heterocycles. The Morgan fingerprint density at radius 1 is 1.27 bits per heavy atom. The van der Waals surface area contributed by atoms with Gasteiger partial charge in [-0.3, -0.25) is 15.0 Å². The highest BCUT2D eigenvalue weighted by atomic mass is 16.5. The molecule has 1 fully saturated rings. The van der Waals surface area contributed by atoms with E-state index in [0.29, 0.717) is 11.7 Å². The molecule has 6 nitrogen and oxygen atoms in total. The van der Waals surface area contributed by atoms with E-state index in [2.05, 4.69) is 9.97 Å². The molecule has 0 radical (unpaired) electrons. The second-order valence-electron chi connectivity index (χ2n) is 7.17. The van der Waals surface area contributed by atoms with Crippen molar-refractivity contribution in [3.63, 3.8) is 0 Å². The number of rotatable bonds is 8. The van der Waals surface area contributed by atoms with Gasteiger partial charge in [0.05, 0.1) is 6.20 Å². The number of nitrogens with one attached hydrogen (secondary N) is 1. The monoisotopic (exact) mass is 357 g/mol. The van der Waals surface area contributed by atoms with Gasteiger partial charge >= 0.3 is 0 Å². The average Bonchev–Trinajstić information content (AvgIpc) is 3.19. The van der Waals surface area contributed by atoms with E-state index in [9.17, 15) is 4.79 Å². The Kier molecular flexibility index (Phi) is 6.77. The number of hydrogen-bond donors (Lipinski definition) is 2. The van der Waals surface area contributed by atoms with E-state index >= 15 is 0 Å². The molecule has 140 valence electrons. The number of hydrogen-bond acceptors (Lipinski definition) is 5. The molecule has 1 amide bonds. The summed E-state index contributed by atoms with van der Waals surface area (Å²) in [5.41, 5.74) is 2.64. The first-order valence-corrected chi connectivity index (χ1v) is 9.55. The van der Waals surface area contributed by atoms with Crippen LogP contribution in [-0.2, 0) is 4.79 Å². The van der Waals surface area contributed by atoms with Crippen LogP contribution in [-0.4, -0.2) is 21.1 Å². The summed E-state index contributed by atoms with van der Waals surface area (Å²) in [6, 6.07) is 3.73. The normalized spacial score (nSPS) is 16.3. The van der Waals surface area contributed by atoms with Gasteiger partial charge in [-0.15, -0.1) is 0 Å². The van der Waals surface area contributed by atoms with E-state index in [1.807, 2.05) is 12.1 Å². The van der Waals surface area contributed by atoms with E-state index < -0.39 is 5.91 Å². The lowest BCUT2D eigenvalue weighted by Crippen LogP contribution is -2.21. The largest absolute Gasteiger partial charge is 0.440 e. The van der Waals surface area contributed by atoms with Gasteiger partial charge in [-0.05, 0) is 24.5 Å². The number of oxazole rings is 1. The highest BCUT2D eigenvalue weighted by molar-refractivity contribution is 5.75. The van der Waals surface area contributed by atoms with Gasteiger partial charge in [-0.25, -0.2) is 10.5 Å². The Bertz CT molecular complexity index is 681. The summed E-state index contributed by atoms with van der Waals surface area (Å²) in [5.74, 6) is 1.51. The Morgan fingerprint density at radius 3 is 2.77 bits per heavy atom.